The largest absolute Gasteiger partial charge is 0.505 e. The quantitative estimate of drug-likeness (QED) is 0.512. The number of aromatic hydroxyl groups is 1. The van der Waals surface area contributed by atoms with Crippen LogP contribution in [0, 0.1) is 0 Å². The zero-order valence-corrected chi connectivity index (χ0v) is 18.1. The number of phenols is 1. The second-order valence-electron chi connectivity index (χ2n) is 6.84. The van der Waals surface area contributed by atoms with Gasteiger partial charge >= 0.3 is 5.97 Å². The fraction of sp³-hybridized carbons (Fsp3) is 0.333. The molecule has 1 fully saturated rings. The van der Waals surface area contributed by atoms with Crippen molar-refractivity contribution in [2.24, 2.45) is 0 Å². The second-order valence-corrected chi connectivity index (χ2v) is 8.75. The molecular weight excluding hydrogens is 424 g/mol. The summed E-state index contributed by atoms with van der Waals surface area (Å²) in [5, 5.41) is 12.8. The van der Waals surface area contributed by atoms with E-state index in [1.54, 1.807) is 6.07 Å². The summed E-state index contributed by atoms with van der Waals surface area (Å²) in [6.45, 7) is 2.96. The molecule has 1 aliphatic heterocycles. The van der Waals surface area contributed by atoms with Crippen molar-refractivity contribution in [1.29, 1.82) is 0 Å². The molecule has 0 aromatic heterocycles. The second kappa shape index (κ2) is 9.46. The summed E-state index contributed by atoms with van der Waals surface area (Å²) >= 11 is 0. The van der Waals surface area contributed by atoms with Gasteiger partial charge in [0.25, 0.3) is 5.91 Å². The Morgan fingerprint density at radius 1 is 1.19 bits per heavy atom. The average molecular weight is 448 g/mol. The molecule has 166 valence electrons. The van der Waals surface area contributed by atoms with Gasteiger partial charge in [0.1, 0.15) is 5.56 Å². The van der Waals surface area contributed by atoms with Gasteiger partial charge in [-0.25, -0.2) is 13.2 Å². The Morgan fingerprint density at radius 3 is 2.55 bits per heavy atom. The number of rotatable bonds is 6. The standard InChI is InChI=1S/C21H24N2O7S/c1-3-14-7-8-15(13-18(14)31(27,28)23-9-11-30-12-10-23)20(25)22-17-6-4-5-16(19(17)24)21(26)29-2/h4-8,13,24H,3,9-12H2,1-2H3,(H,22,25). The third-order valence-corrected chi connectivity index (χ3v) is 6.97. The van der Waals surface area contributed by atoms with E-state index in [-0.39, 0.29) is 34.8 Å². The SMILES string of the molecule is CCc1ccc(C(=O)Nc2cccc(C(=O)OC)c2O)cc1S(=O)(=O)N1CCOCC1. The molecule has 0 bridgehead atoms. The van der Waals surface area contributed by atoms with Crippen molar-refractivity contribution < 1.29 is 32.6 Å². The van der Waals surface area contributed by atoms with Crippen LogP contribution in [-0.4, -0.2) is 63.1 Å². The maximum Gasteiger partial charge on any atom is 0.341 e. The van der Waals surface area contributed by atoms with E-state index >= 15 is 0 Å². The molecule has 0 saturated carbocycles. The van der Waals surface area contributed by atoms with Gasteiger partial charge in [0, 0.05) is 18.7 Å². The van der Waals surface area contributed by atoms with Crippen LogP contribution in [0.5, 0.6) is 5.75 Å². The molecule has 31 heavy (non-hydrogen) atoms. The lowest BCUT2D eigenvalue weighted by atomic mass is 10.1. The molecule has 1 heterocycles. The molecule has 2 aromatic rings. The van der Waals surface area contributed by atoms with Crippen LogP contribution in [0.25, 0.3) is 0 Å². The monoisotopic (exact) mass is 448 g/mol. The molecule has 0 radical (unpaired) electrons. The third kappa shape index (κ3) is 4.71. The van der Waals surface area contributed by atoms with Crippen molar-refractivity contribution >= 4 is 27.6 Å². The number of nitrogens with one attached hydrogen (secondary N) is 1. The predicted molar refractivity (Wildman–Crippen MR) is 113 cm³/mol. The summed E-state index contributed by atoms with van der Waals surface area (Å²) < 4.78 is 37.5. The van der Waals surface area contributed by atoms with Gasteiger partial charge in [0.2, 0.25) is 10.0 Å². The molecule has 0 atom stereocenters. The first-order valence-electron chi connectivity index (χ1n) is 9.72. The van der Waals surface area contributed by atoms with Crippen molar-refractivity contribution in [1.82, 2.24) is 4.31 Å². The highest BCUT2D eigenvalue weighted by Crippen LogP contribution is 2.29. The van der Waals surface area contributed by atoms with E-state index in [2.05, 4.69) is 10.1 Å². The lowest BCUT2D eigenvalue weighted by Gasteiger charge is -2.27. The lowest BCUT2D eigenvalue weighted by molar-refractivity contribution is 0.0597. The van der Waals surface area contributed by atoms with Crippen LogP contribution in [0.4, 0.5) is 5.69 Å². The first kappa shape index (κ1) is 22.7. The first-order chi connectivity index (χ1) is 14.8. The summed E-state index contributed by atoms with van der Waals surface area (Å²) in [5.74, 6) is -1.81. The Kier molecular flexibility index (Phi) is 6.94. The topological polar surface area (TPSA) is 122 Å². The Labute approximate surface area is 180 Å². The summed E-state index contributed by atoms with van der Waals surface area (Å²) in [7, 11) is -2.62. The summed E-state index contributed by atoms with van der Waals surface area (Å²) in [6.07, 6.45) is 0.475. The minimum Gasteiger partial charge on any atom is -0.505 e. The van der Waals surface area contributed by atoms with Crippen LogP contribution in [0.15, 0.2) is 41.3 Å². The Balaban J connectivity index is 1.93. The van der Waals surface area contributed by atoms with Gasteiger partial charge in [-0.05, 0) is 36.2 Å². The lowest BCUT2D eigenvalue weighted by Crippen LogP contribution is -2.41. The molecule has 2 N–H and O–H groups in total. The van der Waals surface area contributed by atoms with Crippen molar-refractivity contribution in [2.45, 2.75) is 18.2 Å². The van der Waals surface area contributed by atoms with Crippen LogP contribution in [-0.2, 0) is 25.9 Å². The number of sulfonamides is 1. The van der Waals surface area contributed by atoms with Crippen LogP contribution in [0.2, 0.25) is 0 Å². The molecular formula is C21H24N2O7S. The Morgan fingerprint density at radius 2 is 1.90 bits per heavy atom. The fourth-order valence-electron chi connectivity index (χ4n) is 3.27. The number of morpholine rings is 1. The summed E-state index contributed by atoms with van der Waals surface area (Å²) in [5.41, 5.74) is 0.604. The molecule has 10 heteroatoms. The zero-order valence-electron chi connectivity index (χ0n) is 17.3. The number of aryl methyl sites for hydroxylation is 1. The van der Waals surface area contributed by atoms with Crippen LogP contribution >= 0.6 is 0 Å². The van der Waals surface area contributed by atoms with Crippen LogP contribution < -0.4 is 5.32 Å². The highest BCUT2D eigenvalue weighted by molar-refractivity contribution is 7.89. The van der Waals surface area contributed by atoms with Gasteiger partial charge in [-0.2, -0.15) is 4.31 Å². The number of anilines is 1. The number of phenolic OH excluding ortho intramolecular Hbond substituents is 1. The van der Waals surface area contributed by atoms with E-state index in [1.165, 1.54) is 41.7 Å². The maximum absolute atomic E-state index is 13.2. The van der Waals surface area contributed by atoms with E-state index in [9.17, 15) is 23.1 Å². The summed E-state index contributed by atoms with van der Waals surface area (Å²) in [6, 6.07) is 8.72. The molecule has 0 spiro atoms. The number of carbonyl (C=O) groups is 2. The molecule has 9 nitrogen and oxygen atoms in total. The van der Waals surface area contributed by atoms with E-state index < -0.39 is 27.6 Å². The van der Waals surface area contributed by atoms with Gasteiger partial charge in [0.15, 0.2) is 5.75 Å². The van der Waals surface area contributed by atoms with E-state index in [0.717, 1.165) is 0 Å². The van der Waals surface area contributed by atoms with Gasteiger partial charge in [-0.3, -0.25) is 4.79 Å². The van der Waals surface area contributed by atoms with Crippen LogP contribution in [0.3, 0.4) is 0 Å². The number of ether oxygens (including phenoxy) is 2. The predicted octanol–water partition coefficient (Wildman–Crippen LogP) is 2.01. The van der Waals surface area contributed by atoms with E-state index in [4.69, 9.17) is 4.74 Å². The molecule has 2 aromatic carbocycles. The minimum atomic E-state index is -3.80. The van der Waals surface area contributed by atoms with Crippen molar-refractivity contribution in [2.75, 3.05) is 38.7 Å². The van der Waals surface area contributed by atoms with E-state index in [0.29, 0.717) is 25.2 Å². The number of esters is 1. The van der Waals surface area contributed by atoms with Gasteiger partial charge < -0.3 is 19.9 Å². The number of hydrogen-bond donors (Lipinski definition) is 2. The Bertz CT molecular complexity index is 1090. The van der Waals surface area contributed by atoms with Gasteiger partial charge in [0.05, 0.1) is 30.9 Å². The van der Waals surface area contributed by atoms with Crippen molar-refractivity contribution in [3.63, 3.8) is 0 Å². The minimum absolute atomic E-state index is 0.00468. The summed E-state index contributed by atoms with van der Waals surface area (Å²) in [4.78, 5) is 24.6. The van der Waals surface area contributed by atoms with Crippen LogP contribution in [0.1, 0.15) is 33.2 Å². The average Bonchev–Trinajstić information content (AvgIpc) is 2.80. The highest BCUT2D eigenvalue weighted by atomic mass is 32.2. The number of carbonyl (C=O) groups excluding carboxylic acids is 2. The number of para-hydroxylation sites is 1. The van der Waals surface area contributed by atoms with Crippen molar-refractivity contribution in [3.05, 3.63) is 53.1 Å². The molecule has 1 saturated heterocycles. The third-order valence-electron chi connectivity index (χ3n) is 4.99. The van der Waals surface area contributed by atoms with E-state index in [1.807, 2.05) is 6.92 Å². The molecule has 3 rings (SSSR count). The molecule has 1 amide bonds. The first-order valence-corrected chi connectivity index (χ1v) is 11.2. The smallest absolute Gasteiger partial charge is 0.341 e. The number of hydrogen-bond acceptors (Lipinski definition) is 7. The number of benzene rings is 2. The Hall–Kier alpha value is -2.95. The molecule has 0 unspecified atom stereocenters. The highest BCUT2D eigenvalue weighted by Gasteiger charge is 2.29. The van der Waals surface area contributed by atoms with Crippen molar-refractivity contribution in [3.8, 4) is 5.75 Å². The number of methoxy groups -OCH3 is 1. The number of nitrogens with zero attached hydrogens (tertiary/aromatic N) is 1. The van der Waals surface area contributed by atoms with Gasteiger partial charge in [-0.1, -0.05) is 19.1 Å². The molecule has 1 aliphatic rings. The normalized spacial score (nSPS) is 14.8. The fourth-order valence-corrected chi connectivity index (χ4v) is 5.00. The van der Waals surface area contributed by atoms with Gasteiger partial charge in [-0.15, -0.1) is 0 Å². The number of amides is 1. The zero-order chi connectivity index (χ0) is 22.6. The maximum atomic E-state index is 13.2. The molecule has 0 aliphatic carbocycles.